The van der Waals surface area contributed by atoms with E-state index in [9.17, 15) is 10.2 Å². The van der Waals surface area contributed by atoms with Gasteiger partial charge in [0.05, 0.1) is 0 Å². The second-order valence-electron chi connectivity index (χ2n) is 9.71. The lowest BCUT2D eigenvalue weighted by molar-refractivity contribution is -0.119. The van der Waals surface area contributed by atoms with Crippen LogP contribution in [0, 0.1) is 59.2 Å². The van der Waals surface area contributed by atoms with E-state index in [2.05, 4.69) is 25.7 Å². The molecule has 0 heterocycles. The van der Waals surface area contributed by atoms with E-state index in [1.807, 2.05) is 0 Å². The minimum Gasteiger partial charge on any atom is -0.378 e. The third kappa shape index (κ3) is 1.83. The fourth-order valence-electron chi connectivity index (χ4n) is 7.62. The van der Waals surface area contributed by atoms with E-state index in [-0.39, 0.29) is 10.8 Å². The second kappa shape index (κ2) is 4.81. The quantitative estimate of drug-likeness (QED) is 0.670. The zero-order chi connectivity index (χ0) is 17.4. The molecule has 2 heteroatoms. The van der Waals surface area contributed by atoms with E-state index in [1.54, 1.807) is 0 Å². The van der Waals surface area contributed by atoms with Gasteiger partial charge < -0.3 is 10.2 Å². The van der Waals surface area contributed by atoms with E-state index in [1.165, 1.54) is 6.42 Å². The highest BCUT2D eigenvalue weighted by Crippen LogP contribution is 2.69. The number of terminal acetylenes is 2. The highest BCUT2D eigenvalue weighted by Gasteiger charge is 2.66. The molecule has 4 saturated carbocycles. The van der Waals surface area contributed by atoms with Gasteiger partial charge in [-0.05, 0) is 80.5 Å². The molecule has 0 aromatic heterocycles. The second-order valence-corrected chi connectivity index (χ2v) is 9.71. The van der Waals surface area contributed by atoms with Gasteiger partial charge in [0, 0.05) is 5.41 Å². The molecule has 0 aromatic rings. The summed E-state index contributed by atoms with van der Waals surface area (Å²) in [6.45, 7) is 4.59. The van der Waals surface area contributed by atoms with Crippen LogP contribution in [0.3, 0.4) is 0 Å². The zero-order valence-corrected chi connectivity index (χ0v) is 15.0. The van der Waals surface area contributed by atoms with Gasteiger partial charge in [0.25, 0.3) is 0 Å². The molecular weight excluding hydrogens is 296 g/mol. The highest BCUT2D eigenvalue weighted by atomic mass is 16.3. The molecule has 4 rings (SSSR count). The van der Waals surface area contributed by atoms with Crippen molar-refractivity contribution in [3.8, 4) is 24.7 Å². The monoisotopic (exact) mass is 326 g/mol. The van der Waals surface area contributed by atoms with Gasteiger partial charge in [-0.1, -0.05) is 25.7 Å². The van der Waals surface area contributed by atoms with Gasteiger partial charge >= 0.3 is 0 Å². The van der Waals surface area contributed by atoms with E-state index >= 15 is 0 Å². The first-order valence-electron chi connectivity index (χ1n) is 9.62. The Kier molecular flexibility index (Phi) is 3.31. The highest BCUT2D eigenvalue weighted by molar-refractivity contribution is 5.25. The molecule has 4 fully saturated rings. The SMILES string of the molecule is C#CC1(O)CC2CC[C@@H]3[C@H](CC[C@@]4(C)[C@H]3CC[C@@]4(O)C#C)[C@@]2(C)C1. The van der Waals surface area contributed by atoms with Crippen molar-refractivity contribution in [2.24, 2.45) is 34.5 Å². The van der Waals surface area contributed by atoms with E-state index in [0.717, 1.165) is 44.9 Å². The molecule has 2 N–H and O–H groups in total. The summed E-state index contributed by atoms with van der Waals surface area (Å²) in [5.74, 6) is 7.70. The number of fused-ring (bicyclic) bond motifs is 5. The number of hydrogen-bond donors (Lipinski definition) is 2. The smallest absolute Gasteiger partial charge is 0.130 e. The lowest BCUT2D eigenvalue weighted by Gasteiger charge is -2.58. The van der Waals surface area contributed by atoms with Crippen LogP contribution in [0.25, 0.3) is 0 Å². The van der Waals surface area contributed by atoms with Crippen LogP contribution in [0.15, 0.2) is 0 Å². The van der Waals surface area contributed by atoms with Crippen molar-refractivity contribution >= 4 is 0 Å². The van der Waals surface area contributed by atoms with Crippen molar-refractivity contribution in [3.63, 3.8) is 0 Å². The normalized spacial score (nSPS) is 58.9. The third-order valence-corrected chi connectivity index (χ3v) is 8.98. The predicted molar refractivity (Wildman–Crippen MR) is 94.7 cm³/mol. The lowest BCUT2D eigenvalue weighted by atomic mass is 9.47. The molecular formula is C22H30O2. The van der Waals surface area contributed by atoms with Crippen LogP contribution in [-0.4, -0.2) is 21.4 Å². The summed E-state index contributed by atoms with van der Waals surface area (Å²) in [7, 11) is 0. The molecule has 8 atom stereocenters. The van der Waals surface area contributed by atoms with Crippen LogP contribution < -0.4 is 0 Å². The van der Waals surface area contributed by atoms with Gasteiger partial charge in [0.1, 0.15) is 11.2 Å². The molecule has 0 amide bonds. The summed E-state index contributed by atoms with van der Waals surface area (Å²) in [4.78, 5) is 0. The Balaban J connectivity index is 1.68. The maximum absolute atomic E-state index is 11.0. The Hall–Kier alpha value is -0.960. The molecule has 130 valence electrons. The number of hydrogen-bond acceptors (Lipinski definition) is 2. The van der Waals surface area contributed by atoms with E-state index in [0.29, 0.717) is 23.7 Å². The zero-order valence-electron chi connectivity index (χ0n) is 15.0. The molecule has 2 unspecified atom stereocenters. The molecule has 0 spiro atoms. The lowest BCUT2D eigenvalue weighted by Crippen LogP contribution is -2.54. The summed E-state index contributed by atoms with van der Waals surface area (Å²) in [6, 6.07) is 0. The standard InChI is InChI=1S/C22H30O2/c1-5-21(23)13-15-7-8-16-17(19(15,3)14-21)9-11-20(4)18(16)10-12-22(20,24)6-2/h1-2,15-18,23-24H,7-14H2,3-4H3/t15?,16-,17+,18+,19+,20+,21?,22+/m1/s1. The maximum atomic E-state index is 11.0. The summed E-state index contributed by atoms with van der Waals surface area (Å²) in [6.07, 6.45) is 19.1. The summed E-state index contributed by atoms with van der Waals surface area (Å²) >= 11 is 0. The maximum Gasteiger partial charge on any atom is 0.130 e. The molecule has 0 radical (unpaired) electrons. The van der Waals surface area contributed by atoms with Crippen molar-refractivity contribution in [3.05, 3.63) is 0 Å². The van der Waals surface area contributed by atoms with Crippen molar-refractivity contribution in [1.29, 1.82) is 0 Å². The van der Waals surface area contributed by atoms with Gasteiger partial charge in [-0.3, -0.25) is 0 Å². The van der Waals surface area contributed by atoms with Crippen molar-refractivity contribution in [1.82, 2.24) is 0 Å². The minimum absolute atomic E-state index is 0.141. The third-order valence-electron chi connectivity index (χ3n) is 8.98. The first-order valence-corrected chi connectivity index (χ1v) is 9.62. The van der Waals surface area contributed by atoms with Crippen LogP contribution in [0.5, 0.6) is 0 Å². The first kappa shape index (κ1) is 16.5. The van der Waals surface area contributed by atoms with Gasteiger partial charge in [0.15, 0.2) is 0 Å². The Morgan fingerprint density at radius 2 is 1.62 bits per heavy atom. The Bertz CT molecular complexity index is 641. The van der Waals surface area contributed by atoms with Crippen LogP contribution in [0.2, 0.25) is 0 Å². The van der Waals surface area contributed by atoms with Gasteiger partial charge in [-0.2, -0.15) is 0 Å². The molecule has 2 nitrogen and oxygen atoms in total. The molecule has 0 aliphatic heterocycles. The largest absolute Gasteiger partial charge is 0.378 e. The molecule has 4 aliphatic rings. The topological polar surface area (TPSA) is 40.5 Å². The van der Waals surface area contributed by atoms with Crippen LogP contribution in [0.4, 0.5) is 0 Å². The number of rotatable bonds is 0. The van der Waals surface area contributed by atoms with Crippen molar-refractivity contribution < 1.29 is 10.2 Å². The van der Waals surface area contributed by atoms with Crippen LogP contribution in [0.1, 0.15) is 65.2 Å². The van der Waals surface area contributed by atoms with Crippen molar-refractivity contribution in [2.75, 3.05) is 0 Å². The molecule has 0 saturated heterocycles. The van der Waals surface area contributed by atoms with E-state index < -0.39 is 11.2 Å². The fourth-order valence-corrected chi connectivity index (χ4v) is 7.62. The summed E-state index contributed by atoms with van der Waals surface area (Å²) in [5.41, 5.74) is -1.85. The number of aliphatic hydroxyl groups is 2. The predicted octanol–water partition coefficient (Wildman–Crippen LogP) is 3.37. The van der Waals surface area contributed by atoms with Gasteiger partial charge in [0.2, 0.25) is 0 Å². The summed E-state index contributed by atoms with van der Waals surface area (Å²) in [5, 5.41) is 21.8. The summed E-state index contributed by atoms with van der Waals surface area (Å²) < 4.78 is 0. The molecule has 0 bridgehead atoms. The van der Waals surface area contributed by atoms with Crippen molar-refractivity contribution in [2.45, 2.75) is 76.4 Å². The Morgan fingerprint density at radius 3 is 2.29 bits per heavy atom. The molecule has 0 aromatic carbocycles. The molecule has 4 aliphatic carbocycles. The van der Waals surface area contributed by atoms with Gasteiger partial charge in [-0.15, -0.1) is 12.8 Å². The Morgan fingerprint density at radius 1 is 0.917 bits per heavy atom. The van der Waals surface area contributed by atoms with Crippen LogP contribution in [-0.2, 0) is 0 Å². The average Bonchev–Trinajstić information content (AvgIpc) is 2.99. The van der Waals surface area contributed by atoms with E-state index in [4.69, 9.17) is 12.8 Å². The average molecular weight is 326 g/mol. The van der Waals surface area contributed by atoms with Gasteiger partial charge in [-0.25, -0.2) is 0 Å². The minimum atomic E-state index is -0.935. The first-order chi connectivity index (χ1) is 11.2. The molecule has 24 heavy (non-hydrogen) atoms. The van der Waals surface area contributed by atoms with Crippen LogP contribution >= 0.6 is 0 Å². The Labute approximate surface area is 146 Å². The fraction of sp³-hybridized carbons (Fsp3) is 0.818.